The quantitative estimate of drug-likeness (QED) is 0.599. The highest BCUT2D eigenvalue weighted by Gasteiger charge is 2.12. The number of carbonyl (C=O) groups is 1. The van der Waals surface area contributed by atoms with E-state index < -0.39 is 4.92 Å². The highest BCUT2D eigenvalue weighted by molar-refractivity contribution is 5.11. The molecule has 0 bridgehead atoms. The molecule has 1 N–H and O–H groups in total. The zero-order valence-corrected chi connectivity index (χ0v) is 9.47. The first-order chi connectivity index (χ1) is 7.67. The molecule has 7 heteroatoms. The van der Waals surface area contributed by atoms with E-state index in [2.05, 4.69) is 14.9 Å². The fourth-order valence-corrected chi connectivity index (χ4v) is 1.21. The summed E-state index contributed by atoms with van der Waals surface area (Å²) in [4.78, 5) is 26.3. The molecule has 0 saturated carbocycles. The van der Waals surface area contributed by atoms with E-state index in [1.807, 2.05) is 20.6 Å². The summed E-state index contributed by atoms with van der Waals surface area (Å²) in [7, 11) is 0. The average molecular weight is 228 g/mol. The summed E-state index contributed by atoms with van der Waals surface area (Å²) < 4.78 is 0. The number of nitro groups is 1. The van der Waals surface area contributed by atoms with Crippen molar-refractivity contribution in [1.82, 2.24) is 14.9 Å². The van der Waals surface area contributed by atoms with Gasteiger partial charge in [0.05, 0.1) is 6.54 Å². The maximum atomic E-state index is 10.3. The van der Waals surface area contributed by atoms with Gasteiger partial charge in [0.15, 0.2) is 0 Å². The van der Waals surface area contributed by atoms with Crippen molar-refractivity contribution in [3.05, 3.63) is 22.0 Å². The maximum Gasteiger partial charge on any atom is 0.432 e. The van der Waals surface area contributed by atoms with E-state index in [-0.39, 0.29) is 5.95 Å². The van der Waals surface area contributed by atoms with E-state index in [0.717, 1.165) is 18.8 Å². The topological polar surface area (TPSA) is 92.1 Å². The first-order valence-corrected chi connectivity index (χ1v) is 4.86. The van der Waals surface area contributed by atoms with Crippen LogP contribution in [-0.2, 0) is 11.3 Å². The smallest absolute Gasteiger partial charge is 0.390 e. The van der Waals surface area contributed by atoms with Crippen LogP contribution >= 0.6 is 0 Å². The number of rotatable bonds is 5. The number of nitrogens with zero attached hydrogens (tertiary/aromatic N) is 3. The predicted octanol–water partition coefficient (Wildman–Crippen LogP) is 0.975. The van der Waals surface area contributed by atoms with Gasteiger partial charge >= 0.3 is 5.95 Å². The molecule has 0 unspecified atom stereocenters. The summed E-state index contributed by atoms with van der Waals surface area (Å²) in [5.41, 5.74) is 0.778. The van der Waals surface area contributed by atoms with Crippen LogP contribution in [0.2, 0.25) is 0 Å². The van der Waals surface area contributed by atoms with E-state index in [1.165, 1.54) is 6.20 Å². The van der Waals surface area contributed by atoms with E-state index in [4.69, 9.17) is 4.79 Å². The molecule has 0 aliphatic rings. The maximum absolute atomic E-state index is 10.3. The van der Waals surface area contributed by atoms with Gasteiger partial charge in [-0.25, -0.2) is 4.98 Å². The van der Waals surface area contributed by atoms with Crippen LogP contribution in [0.5, 0.6) is 0 Å². The summed E-state index contributed by atoms with van der Waals surface area (Å²) in [6.07, 6.45) is 1.51. The normalized spacial score (nSPS) is 9.69. The van der Waals surface area contributed by atoms with Crippen molar-refractivity contribution in [3.8, 4) is 0 Å². The van der Waals surface area contributed by atoms with E-state index >= 15 is 0 Å². The van der Waals surface area contributed by atoms with Crippen LogP contribution in [0, 0.1) is 10.1 Å². The molecule has 7 nitrogen and oxygen atoms in total. The third-order valence-electron chi connectivity index (χ3n) is 2.08. The first-order valence-electron chi connectivity index (χ1n) is 4.86. The Bertz CT molecular complexity index is 322. The van der Waals surface area contributed by atoms with Gasteiger partial charge in [0, 0.05) is 0 Å². The number of nitrogens with one attached hydrogen (secondary N) is 1. The third kappa shape index (κ3) is 4.18. The van der Waals surface area contributed by atoms with Crippen molar-refractivity contribution in [1.29, 1.82) is 0 Å². The summed E-state index contributed by atoms with van der Waals surface area (Å²) in [6, 6.07) is 0. The van der Waals surface area contributed by atoms with Gasteiger partial charge in [0.1, 0.15) is 18.7 Å². The van der Waals surface area contributed by atoms with Crippen LogP contribution in [0.15, 0.2) is 6.20 Å². The number of hydrogen-bond donors (Lipinski definition) is 1. The fraction of sp³-hybridized carbons (Fsp3) is 0.556. The molecule has 0 atom stereocenters. The Balaban J connectivity index is 0.00000106. The highest BCUT2D eigenvalue weighted by Crippen LogP contribution is 2.07. The lowest BCUT2D eigenvalue weighted by atomic mass is 10.4. The lowest BCUT2D eigenvalue weighted by molar-refractivity contribution is -0.393. The van der Waals surface area contributed by atoms with Crippen LogP contribution in [0.3, 0.4) is 0 Å². The third-order valence-corrected chi connectivity index (χ3v) is 2.08. The van der Waals surface area contributed by atoms with Crippen LogP contribution in [0.25, 0.3) is 0 Å². The lowest BCUT2D eigenvalue weighted by Gasteiger charge is -2.14. The molecular weight excluding hydrogens is 212 g/mol. The van der Waals surface area contributed by atoms with E-state index in [9.17, 15) is 10.1 Å². The molecule has 16 heavy (non-hydrogen) atoms. The second-order valence-electron chi connectivity index (χ2n) is 2.95. The fourth-order valence-electron chi connectivity index (χ4n) is 1.21. The Kier molecular flexibility index (Phi) is 6.69. The van der Waals surface area contributed by atoms with Gasteiger partial charge < -0.3 is 14.9 Å². The number of aromatic nitrogens is 2. The number of H-pyrrole nitrogens is 1. The van der Waals surface area contributed by atoms with Crippen molar-refractivity contribution >= 4 is 12.7 Å². The van der Waals surface area contributed by atoms with Crippen molar-refractivity contribution < 1.29 is 9.72 Å². The molecule has 90 valence electrons. The molecule has 1 aromatic rings. The zero-order chi connectivity index (χ0) is 12.6. The Labute approximate surface area is 93.6 Å². The molecule has 0 amide bonds. The monoisotopic (exact) mass is 228 g/mol. The van der Waals surface area contributed by atoms with Crippen LogP contribution in [-0.4, -0.2) is 39.7 Å². The second-order valence-corrected chi connectivity index (χ2v) is 2.95. The Morgan fingerprint density at radius 2 is 2.06 bits per heavy atom. The molecule has 0 aromatic carbocycles. The Hall–Kier alpha value is -1.76. The number of imidazole rings is 1. The predicted molar refractivity (Wildman–Crippen MR) is 59.0 cm³/mol. The minimum atomic E-state index is -0.522. The molecule has 0 spiro atoms. The van der Waals surface area contributed by atoms with Gasteiger partial charge in [-0.15, -0.1) is 0 Å². The summed E-state index contributed by atoms with van der Waals surface area (Å²) in [5.74, 6) is -0.188. The molecule has 1 rings (SSSR count). The molecule has 0 saturated heterocycles. The minimum Gasteiger partial charge on any atom is -0.390 e. The molecule has 0 radical (unpaired) electrons. The van der Waals surface area contributed by atoms with Crippen molar-refractivity contribution in [3.63, 3.8) is 0 Å². The summed E-state index contributed by atoms with van der Waals surface area (Å²) in [6.45, 7) is 8.61. The van der Waals surface area contributed by atoms with E-state index in [1.54, 1.807) is 0 Å². The van der Waals surface area contributed by atoms with Crippen LogP contribution in [0.4, 0.5) is 5.95 Å². The van der Waals surface area contributed by atoms with Gasteiger partial charge in [0.25, 0.3) is 0 Å². The molecule has 1 aromatic heterocycles. The molecule has 1 heterocycles. The average Bonchev–Trinajstić information content (AvgIpc) is 2.77. The molecule has 0 fully saturated rings. The Morgan fingerprint density at radius 1 is 1.50 bits per heavy atom. The molecular formula is C9H16N4O3. The van der Waals surface area contributed by atoms with E-state index in [0.29, 0.717) is 6.54 Å². The lowest BCUT2D eigenvalue weighted by Crippen LogP contribution is -2.22. The largest absolute Gasteiger partial charge is 0.432 e. The van der Waals surface area contributed by atoms with Gasteiger partial charge in [-0.05, 0) is 18.0 Å². The van der Waals surface area contributed by atoms with Gasteiger partial charge in [-0.1, -0.05) is 18.8 Å². The number of aromatic amines is 1. The number of hydrogen-bond acceptors (Lipinski definition) is 5. The number of carbonyl (C=O) groups excluding carboxylic acids is 1. The highest BCUT2D eigenvalue weighted by atomic mass is 16.6. The van der Waals surface area contributed by atoms with Crippen LogP contribution < -0.4 is 0 Å². The minimum absolute atomic E-state index is 0.188. The van der Waals surface area contributed by atoms with Crippen molar-refractivity contribution in [2.45, 2.75) is 20.4 Å². The standard InChI is InChI=1S/C8H14N4O2.CH2O/c1-3-11(4-2)6-7-5-9-8(10-7)12(13)14;1-2/h5H,3-4,6H2,1-2H3,(H,9,10);1H2. The van der Waals surface area contributed by atoms with Gasteiger partial charge in [-0.2, -0.15) is 0 Å². The Morgan fingerprint density at radius 3 is 2.44 bits per heavy atom. The van der Waals surface area contributed by atoms with Crippen LogP contribution in [0.1, 0.15) is 19.5 Å². The van der Waals surface area contributed by atoms with Crippen molar-refractivity contribution in [2.75, 3.05) is 13.1 Å². The SMILES string of the molecule is C=O.CCN(CC)Cc1cnc([N+](=O)[O-])[nH]1. The van der Waals surface area contributed by atoms with Crippen molar-refractivity contribution in [2.24, 2.45) is 0 Å². The molecule has 0 aliphatic heterocycles. The summed E-state index contributed by atoms with van der Waals surface area (Å²) >= 11 is 0. The van der Waals surface area contributed by atoms with Gasteiger partial charge in [0.2, 0.25) is 0 Å². The van der Waals surface area contributed by atoms with Gasteiger partial charge in [-0.3, -0.25) is 4.90 Å². The first kappa shape index (κ1) is 14.2. The molecule has 0 aliphatic carbocycles. The summed E-state index contributed by atoms with van der Waals surface area (Å²) in [5, 5.41) is 10.3. The second kappa shape index (κ2) is 7.52. The zero-order valence-electron chi connectivity index (χ0n) is 9.47.